The molecule has 1 N–H and O–H groups in total. The largest absolute Gasteiger partial charge is 0.354 e. The van der Waals surface area contributed by atoms with Gasteiger partial charge in [0.25, 0.3) is 0 Å². The van der Waals surface area contributed by atoms with Gasteiger partial charge in [0.1, 0.15) is 5.82 Å². The van der Waals surface area contributed by atoms with Gasteiger partial charge in [0.2, 0.25) is 0 Å². The number of aromatic amines is 1. The van der Waals surface area contributed by atoms with Gasteiger partial charge in [-0.25, -0.2) is 4.98 Å². The van der Waals surface area contributed by atoms with Crippen molar-refractivity contribution in [1.82, 2.24) is 19.5 Å². The van der Waals surface area contributed by atoms with E-state index < -0.39 is 0 Å². The van der Waals surface area contributed by atoms with Crippen LogP contribution in [0.5, 0.6) is 0 Å². The second-order valence-electron chi connectivity index (χ2n) is 10.4. The number of nitrogens with one attached hydrogen (secondary N) is 1. The molecule has 0 atom stereocenters. The highest BCUT2D eigenvalue weighted by Crippen LogP contribution is 2.29. The number of fused-ring (bicyclic) bond motifs is 3. The summed E-state index contributed by atoms with van der Waals surface area (Å²) < 4.78 is 2.24. The first-order chi connectivity index (χ1) is 20.8. The lowest BCUT2D eigenvalue weighted by Gasteiger charge is -2.10. The molecule has 8 aromatic rings. The number of nitrogens with zero attached hydrogens (tertiary/aromatic N) is 3. The zero-order valence-corrected chi connectivity index (χ0v) is 22.8. The van der Waals surface area contributed by atoms with Crippen LogP contribution < -0.4 is 10.7 Å². The summed E-state index contributed by atoms with van der Waals surface area (Å²) >= 11 is 0. The van der Waals surface area contributed by atoms with Crippen LogP contribution in [-0.2, 0) is 0 Å². The number of benzene rings is 5. The number of rotatable bonds is 4. The van der Waals surface area contributed by atoms with Gasteiger partial charge in [0.05, 0.1) is 16.7 Å². The Morgan fingerprint density at radius 2 is 1.31 bits per heavy atom. The van der Waals surface area contributed by atoms with Crippen LogP contribution in [-0.4, -0.2) is 19.5 Å². The molecule has 5 aromatic carbocycles. The quantitative estimate of drug-likeness (QED) is 0.254. The predicted octanol–water partition coefficient (Wildman–Crippen LogP) is 7.38. The van der Waals surface area contributed by atoms with Crippen molar-refractivity contribution >= 4 is 44.7 Å². The van der Waals surface area contributed by atoms with Crippen molar-refractivity contribution in [2.45, 2.75) is 0 Å². The van der Waals surface area contributed by atoms with Crippen molar-refractivity contribution in [3.05, 3.63) is 162 Å². The maximum absolute atomic E-state index is 5.06. The van der Waals surface area contributed by atoms with Crippen LogP contribution in [0.3, 0.4) is 0 Å². The monoisotopic (exact) mass is 538 g/mol. The van der Waals surface area contributed by atoms with Crippen molar-refractivity contribution in [2.75, 3.05) is 0 Å². The van der Waals surface area contributed by atoms with Crippen LogP contribution in [0, 0.1) is 0 Å². The third-order valence-electron chi connectivity index (χ3n) is 7.79. The SMILES string of the molecule is C(c1cccc(-c2nc3ccccc3n2-c2ccccc2)c1)=c1[nH]c(=Cc2nccc3ccccc23)c2ccccc12. The molecular formula is C38H26N4. The number of imidazole rings is 1. The second kappa shape index (κ2) is 10.0. The fourth-order valence-electron chi connectivity index (χ4n) is 5.85. The maximum Gasteiger partial charge on any atom is 0.145 e. The minimum absolute atomic E-state index is 0.921. The zero-order valence-electron chi connectivity index (χ0n) is 22.8. The average molecular weight is 539 g/mol. The van der Waals surface area contributed by atoms with E-state index in [1.165, 1.54) is 16.2 Å². The van der Waals surface area contributed by atoms with E-state index in [-0.39, 0.29) is 0 Å². The summed E-state index contributed by atoms with van der Waals surface area (Å²) in [5, 5.41) is 6.76. The molecule has 42 heavy (non-hydrogen) atoms. The molecule has 0 aliphatic heterocycles. The van der Waals surface area contributed by atoms with E-state index in [1.807, 2.05) is 18.3 Å². The Kier molecular flexibility index (Phi) is 5.75. The summed E-state index contributed by atoms with van der Waals surface area (Å²) in [6, 6.07) is 46.3. The first-order valence-electron chi connectivity index (χ1n) is 14.1. The van der Waals surface area contributed by atoms with E-state index in [2.05, 4.69) is 143 Å². The smallest absolute Gasteiger partial charge is 0.145 e. The van der Waals surface area contributed by atoms with Gasteiger partial charge in [-0.15, -0.1) is 0 Å². The zero-order chi connectivity index (χ0) is 27.9. The van der Waals surface area contributed by atoms with Crippen LogP contribution in [0.2, 0.25) is 0 Å². The molecular weight excluding hydrogens is 512 g/mol. The summed E-state index contributed by atoms with van der Waals surface area (Å²) in [6.45, 7) is 0. The third kappa shape index (κ3) is 4.18. The Morgan fingerprint density at radius 3 is 2.17 bits per heavy atom. The molecule has 0 bridgehead atoms. The summed E-state index contributed by atoms with van der Waals surface area (Å²) in [6.07, 6.45) is 6.25. The van der Waals surface area contributed by atoms with Crippen molar-refractivity contribution in [3.8, 4) is 17.1 Å². The van der Waals surface area contributed by atoms with Gasteiger partial charge < -0.3 is 4.98 Å². The topological polar surface area (TPSA) is 46.5 Å². The molecule has 0 saturated carbocycles. The fourth-order valence-corrected chi connectivity index (χ4v) is 5.85. The van der Waals surface area contributed by atoms with E-state index in [0.29, 0.717) is 0 Å². The van der Waals surface area contributed by atoms with E-state index in [1.54, 1.807) is 0 Å². The Labute approximate surface area is 242 Å². The van der Waals surface area contributed by atoms with Gasteiger partial charge in [-0.2, -0.15) is 0 Å². The predicted molar refractivity (Wildman–Crippen MR) is 173 cm³/mol. The standard InChI is InChI=1S/C38H26N4/c1-2-14-29(15-3-1)42-37-20-9-8-19-33(37)41-38(42)28-13-10-11-26(23-28)24-35-31-17-6-7-18-32(31)36(40-35)25-34-30-16-5-4-12-27(30)21-22-39-34/h1-25,40H. The number of pyridine rings is 1. The molecule has 4 heteroatoms. The van der Waals surface area contributed by atoms with Gasteiger partial charge in [-0.3, -0.25) is 9.55 Å². The Morgan fingerprint density at radius 1 is 0.595 bits per heavy atom. The molecule has 3 aromatic heterocycles. The minimum atomic E-state index is 0.921. The first-order valence-corrected chi connectivity index (χ1v) is 14.1. The molecule has 0 saturated heterocycles. The second-order valence-corrected chi connectivity index (χ2v) is 10.4. The van der Waals surface area contributed by atoms with Gasteiger partial charge in [-0.05, 0) is 59.5 Å². The average Bonchev–Trinajstić information content (AvgIpc) is 3.60. The molecule has 4 nitrogen and oxygen atoms in total. The van der Waals surface area contributed by atoms with Gasteiger partial charge in [0, 0.05) is 44.3 Å². The van der Waals surface area contributed by atoms with Gasteiger partial charge in [0.15, 0.2) is 0 Å². The van der Waals surface area contributed by atoms with E-state index in [9.17, 15) is 0 Å². The molecule has 8 rings (SSSR count). The normalized spacial score (nSPS) is 12.6. The summed E-state index contributed by atoms with van der Waals surface area (Å²) in [5.41, 5.74) is 6.27. The van der Waals surface area contributed by atoms with Crippen LogP contribution in [0.4, 0.5) is 0 Å². The Bertz CT molecular complexity index is 2360. The maximum atomic E-state index is 5.06. The molecule has 0 amide bonds. The van der Waals surface area contributed by atoms with Crippen molar-refractivity contribution in [1.29, 1.82) is 0 Å². The molecule has 3 heterocycles. The molecule has 0 spiro atoms. The van der Waals surface area contributed by atoms with Crippen molar-refractivity contribution < 1.29 is 0 Å². The molecule has 0 aliphatic carbocycles. The van der Waals surface area contributed by atoms with Crippen molar-refractivity contribution in [2.24, 2.45) is 0 Å². The summed E-state index contributed by atoms with van der Waals surface area (Å²) in [7, 11) is 0. The van der Waals surface area contributed by atoms with Crippen LogP contribution in [0.1, 0.15) is 11.3 Å². The Balaban J connectivity index is 1.29. The highest BCUT2D eigenvalue weighted by atomic mass is 15.1. The van der Waals surface area contributed by atoms with E-state index in [4.69, 9.17) is 9.97 Å². The Hall–Kier alpha value is -5.74. The van der Waals surface area contributed by atoms with Crippen LogP contribution in [0.15, 0.2) is 140 Å². The lowest BCUT2D eigenvalue weighted by molar-refractivity contribution is 1.10. The summed E-state index contributed by atoms with van der Waals surface area (Å²) in [5.74, 6) is 0.921. The minimum Gasteiger partial charge on any atom is -0.354 e. The lowest BCUT2D eigenvalue weighted by Crippen LogP contribution is -2.10. The van der Waals surface area contributed by atoms with Crippen LogP contribution in [0.25, 0.3) is 61.8 Å². The molecule has 198 valence electrons. The van der Waals surface area contributed by atoms with Gasteiger partial charge in [-0.1, -0.05) is 97.1 Å². The number of H-pyrrole nitrogens is 1. The highest BCUT2D eigenvalue weighted by Gasteiger charge is 2.14. The molecule has 0 fully saturated rings. The third-order valence-corrected chi connectivity index (χ3v) is 7.79. The van der Waals surface area contributed by atoms with Crippen molar-refractivity contribution in [3.63, 3.8) is 0 Å². The first kappa shape index (κ1) is 24.1. The van der Waals surface area contributed by atoms with E-state index in [0.717, 1.165) is 55.5 Å². The highest BCUT2D eigenvalue weighted by molar-refractivity contribution is 5.91. The summed E-state index contributed by atoms with van der Waals surface area (Å²) in [4.78, 5) is 13.5. The molecule has 0 unspecified atom stereocenters. The number of para-hydroxylation sites is 3. The molecule has 0 aliphatic rings. The molecule has 0 radical (unpaired) electrons. The number of hydrogen-bond acceptors (Lipinski definition) is 2. The number of hydrogen-bond donors (Lipinski definition) is 1. The lowest BCUT2D eigenvalue weighted by atomic mass is 10.1. The van der Waals surface area contributed by atoms with E-state index >= 15 is 0 Å². The number of aromatic nitrogens is 4. The fraction of sp³-hybridized carbons (Fsp3) is 0. The van der Waals surface area contributed by atoms with Crippen LogP contribution >= 0.6 is 0 Å². The van der Waals surface area contributed by atoms with Gasteiger partial charge >= 0.3 is 0 Å².